The minimum Gasteiger partial charge on any atom is -0.247 e. The SMILES string of the molecule is CC1=C(c2cccc(-c3ccc4ccc5ccccc5c4n3)c2)C=CC=CCC1. The Labute approximate surface area is 171 Å². The number of allylic oxidation sites excluding steroid dienone is 6. The van der Waals surface area contributed by atoms with E-state index in [-0.39, 0.29) is 0 Å². The molecule has 0 radical (unpaired) electrons. The summed E-state index contributed by atoms with van der Waals surface area (Å²) in [5.74, 6) is 0. The first-order valence-electron chi connectivity index (χ1n) is 10.2. The molecular weight excluding hydrogens is 350 g/mol. The molecule has 4 aromatic rings. The lowest BCUT2D eigenvalue weighted by molar-refractivity contribution is 0.979. The highest BCUT2D eigenvalue weighted by Gasteiger charge is 2.09. The van der Waals surface area contributed by atoms with Gasteiger partial charge in [-0.25, -0.2) is 4.98 Å². The van der Waals surface area contributed by atoms with Gasteiger partial charge in [0.25, 0.3) is 0 Å². The molecular formula is C28H23N. The minimum absolute atomic E-state index is 1.02. The normalized spacial score (nSPS) is 14.4. The third kappa shape index (κ3) is 3.40. The van der Waals surface area contributed by atoms with Gasteiger partial charge in [0, 0.05) is 16.3 Å². The Kier molecular flexibility index (Phi) is 4.57. The molecule has 140 valence electrons. The maximum atomic E-state index is 5.07. The van der Waals surface area contributed by atoms with Gasteiger partial charge in [0.05, 0.1) is 11.2 Å². The van der Waals surface area contributed by atoms with Crippen LogP contribution in [0.1, 0.15) is 25.3 Å². The van der Waals surface area contributed by atoms with Gasteiger partial charge in [0.15, 0.2) is 0 Å². The summed E-state index contributed by atoms with van der Waals surface area (Å²) in [6.45, 7) is 2.24. The Balaban J connectivity index is 1.64. The van der Waals surface area contributed by atoms with Gasteiger partial charge in [-0.15, -0.1) is 0 Å². The van der Waals surface area contributed by atoms with Crippen molar-refractivity contribution in [2.45, 2.75) is 19.8 Å². The van der Waals surface area contributed by atoms with Crippen LogP contribution in [0.2, 0.25) is 0 Å². The molecule has 0 saturated heterocycles. The lowest BCUT2D eigenvalue weighted by Crippen LogP contribution is -1.91. The lowest BCUT2D eigenvalue weighted by Gasteiger charge is -2.12. The molecule has 0 atom stereocenters. The van der Waals surface area contributed by atoms with E-state index in [9.17, 15) is 0 Å². The third-order valence-electron chi connectivity index (χ3n) is 5.71. The van der Waals surface area contributed by atoms with Crippen molar-refractivity contribution in [2.75, 3.05) is 0 Å². The molecule has 5 rings (SSSR count). The summed E-state index contributed by atoms with van der Waals surface area (Å²) in [6.07, 6.45) is 10.9. The summed E-state index contributed by atoms with van der Waals surface area (Å²) in [7, 11) is 0. The van der Waals surface area contributed by atoms with E-state index in [1.54, 1.807) is 0 Å². The molecule has 0 bridgehead atoms. The molecule has 1 aromatic heterocycles. The third-order valence-corrected chi connectivity index (χ3v) is 5.71. The summed E-state index contributed by atoms with van der Waals surface area (Å²) in [5.41, 5.74) is 7.25. The van der Waals surface area contributed by atoms with E-state index in [0.717, 1.165) is 29.6 Å². The van der Waals surface area contributed by atoms with E-state index < -0.39 is 0 Å². The first kappa shape index (κ1) is 17.6. The number of aromatic nitrogens is 1. The fraction of sp³-hybridized carbons (Fsp3) is 0.107. The van der Waals surface area contributed by atoms with Gasteiger partial charge >= 0.3 is 0 Å². The largest absolute Gasteiger partial charge is 0.247 e. The van der Waals surface area contributed by atoms with Crippen LogP contribution in [0.5, 0.6) is 0 Å². The second kappa shape index (κ2) is 7.52. The molecule has 1 nitrogen and oxygen atoms in total. The lowest BCUT2D eigenvalue weighted by atomic mass is 9.94. The quantitative estimate of drug-likeness (QED) is 0.328. The van der Waals surface area contributed by atoms with Gasteiger partial charge in [0.2, 0.25) is 0 Å². The van der Waals surface area contributed by atoms with Crippen LogP contribution in [0.3, 0.4) is 0 Å². The highest BCUT2D eigenvalue weighted by Crippen LogP contribution is 2.30. The molecule has 3 aromatic carbocycles. The summed E-state index contributed by atoms with van der Waals surface area (Å²) in [6, 6.07) is 25.9. The van der Waals surface area contributed by atoms with Crippen LogP contribution < -0.4 is 0 Å². The number of pyridine rings is 1. The zero-order valence-electron chi connectivity index (χ0n) is 16.6. The summed E-state index contributed by atoms with van der Waals surface area (Å²) in [5, 5.41) is 3.61. The molecule has 29 heavy (non-hydrogen) atoms. The van der Waals surface area contributed by atoms with Crippen molar-refractivity contribution in [2.24, 2.45) is 0 Å². The van der Waals surface area contributed by atoms with E-state index in [4.69, 9.17) is 4.98 Å². The van der Waals surface area contributed by atoms with Crippen LogP contribution in [-0.2, 0) is 0 Å². The van der Waals surface area contributed by atoms with Crippen molar-refractivity contribution >= 4 is 27.2 Å². The number of hydrogen-bond acceptors (Lipinski definition) is 1. The van der Waals surface area contributed by atoms with Crippen molar-refractivity contribution in [3.05, 3.63) is 108 Å². The fourth-order valence-electron chi connectivity index (χ4n) is 4.11. The maximum absolute atomic E-state index is 5.07. The topological polar surface area (TPSA) is 12.9 Å². The number of fused-ring (bicyclic) bond motifs is 3. The summed E-state index contributed by atoms with van der Waals surface area (Å²) >= 11 is 0. The molecule has 0 aliphatic heterocycles. The Morgan fingerprint density at radius 3 is 2.55 bits per heavy atom. The molecule has 1 heterocycles. The Hall–Kier alpha value is -3.45. The van der Waals surface area contributed by atoms with Gasteiger partial charge in [-0.3, -0.25) is 0 Å². The predicted octanol–water partition coefficient (Wildman–Crippen LogP) is 7.73. The van der Waals surface area contributed by atoms with Gasteiger partial charge in [-0.1, -0.05) is 90.5 Å². The van der Waals surface area contributed by atoms with Crippen LogP contribution in [0.4, 0.5) is 0 Å². The number of benzene rings is 3. The standard InChI is InChI=1S/C28H23N/c1-20-9-4-2-3-5-13-25(20)23-11-8-12-24(19-23)27-18-17-22-16-15-21-10-6-7-14-26(21)28(22)29-27/h2-3,5-8,10-19H,4,9H2,1H3. The maximum Gasteiger partial charge on any atom is 0.0787 e. The van der Waals surface area contributed by atoms with Gasteiger partial charge < -0.3 is 0 Å². The van der Waals surface area contributed by atoms with Gasteiger partial charge in [0.1, 0.15) is 0 Å². The average molecular weight is 373 g/mol. The van der Waals surface area contributed by atoms with Crippen molar-refractivity contribution in [1.29, 1.82) is 0 Å². The number of hydrogen-bond donors (Lipinski definition) is 0. The molecule has 0 N–H and O–H groups in total. The van der Waals surface area contributed by atoms with Crippen LogP contribution >= 0.6 is 0 Å². The van der Waals surface area contributed by atoms with Crippen molar-refractivity contribution in [1.82, 2.24) is 4.98 Å². The average Bonchev–Trinajstić information content (AvgIpc) is 2.76. The van der Waals surface area contributed by atoms with E-state index in [1.807, 2.05) is 0 Å². The first-order chi connectivity index (χ1) is 14.3. The predicted molar refractivity (Wildman–Crippen MR) is 125 cm³/mol. The van der Waals surface area contributed by atoms with E-state index in [0.29, 0.717) is 0 Å². The van der Waals surface area contributed by atoms with Crippen molar-refractivity contribution in [3.63, 3.8) is 0 Å². The zero-order valence-corrected chi connectivity index (χ0v) is 16.6. The van der Waals surface area contributed by atoms with E-state index >= 15 is 0 Å². The molecule has 0 spiro atoms. The zero-order chi connectivity index (χ0) is 19.6. The van der Waals surface area contributed by atoms with Crippen LogP contribution in [0.25, 0.3) is 38.5 Å². The molecule has 0 unspecified atom stereocenters. The Bertz CT molecular complexity index is 1300. The molecule has 1 aliphatic rings. The molecule has 0 saturated carbocycles. The van der Waals surface area contributed by atoms with Crippen molar-refractivity contribution < 1.29 is 0 Å². The Morgan fingerprint density at radius 1 is 0.759 bits per heavy atom. The van der Waals surface area contributed by atoms with Gasteiger partial charge in [-0.2, -0.15) is 0 Å². The highest BCUT2D eigenvalue weighted by atomic mass is 14.7. The van der Waals surface area contributed by atoms with Crippen LogP contribution in [0.15, 0.2) is 103 Å². The highest BCUT2D eigenvalue weighted by molar-refractivity contribution is 6.05. The van der Waals surface area contributed by atoms with E-state index in [1.165, 1.54) is 32.9 Å². The fourth-order valence-corrected chi connectivity index (χ4v) is 4.11. The number of rotatable bonds is 2. The summed E-state index contributed by atoms with van der Waals surface area (Å²) < 4.78 is 0. The summed E-state index contributed by atoms with van der Waals surface area (Å²) in [4.78, 5) is 5.07. The molecule has 0 fully saturated rings. The second-order valence-electron chi connectivity index (χ2n) is 7.66. The van der Waals surface area contributed by atoms with Crippen LogP contribution in [0, 0.1) is 0 Å². The van der Waals surface area contributed by atoms with E-state index in [2.05, 4.69) is 104 Å². The van der Waals surface area contributed by atoms with Crippen molar-refractivity contribution in [3.8, 4) is 11.3 Å². The van der Waals surface area contributed by atoms with Crippen LogP contribution in [-0.4, -0.2) is 4.98 Å². The van der Waals surface area contributed by atoms with Gasteiger partial charge in [-0.05, 0) is 48.4 Å². The smallest absolute Gasteiger partial charge is 0.0787 e. The minimum atomic E-state index is 1.02. The number of nitrogens with zero attached hydrogens (tertiary/aromatic N) is 1. The Morgan fingerprint density at radius 2 is 1.59 bits per heavy atom. The molecule has 0 amide bonds. The molecule has 1 heteroatoms. The first-order valence-corrected chi connectivity index (χ1v) is 10.2. The monoisotopic (exact) mass is 373 g/mol. The molecule has 1 aliphatic carbocycles. The second-order valence-corrected chi connectivity index (χ2v) is 7.66.